The van der Waals surface area contributed by atoms with Crippen LogP contribution in [0.2, 0.25) is 0 Å². The molecule has 0 radical (unpaired) electrons. The molecule has 1 aromatic rings. The average molecular weight is 382 g/mol. The van der Waals surface area contributed by atoms with Crippen molar-refractivity contribution in [3.63, 3.8) is 0 Å². The van der Waals surface area contributed by atoms with Gasteiger partial charge in [0, 0.05) is 19.1 Å². The van der Waals surface area contributed by atoms with Crippen LogP contribution < -0.4 is 10.6 Å². The maximum atomic E-state index is 12.7. The lowest BCUT2D eigenvalue weighted by atomic mass is 10.1. The number of carbonyl (C=O) groups excluding carboxylic acids is 2. The van der Waals surface area contributed by atoms with Gasteiger partial charge in [0.25, 0.3) is 11.8 Å². The van der Waals surface area contributed by atoms with E-state index < -0.39 is 15.7 Å². The van der Waals surface area contributed by atoms with Crippen LogP contribution in [0.1, 0.15) is 59.9 Å². The van der Waals surface area contributed by atoms with E-state index in [1.54, 1.807) is 0 Å². The fourth-order valence-corrected chi connectivity index (χ4v) is 5.11. The van der Waals surface area contributed by atoms with Crippen molar-refractivity contribution in [1.29, 1.82) is 0 Å². The molecule has 0 bridgehead atoms. The fraction of sp³-hybridized carbons (Fsp3) is 0.706. The normalized spacial score (nSPS) is 21.4. The Balaban J connectivity index is 1.80. The van der Waals surface area contributed by atoms with E-state index in [9.17, 15) is 18.0 Å². The lowest BCUT2D eigenvalue weighted by molar-refractivity contribution is 0.0925. The molecule has 1 atom stereocenters. The Kier molecular flexibility index (Phi) is 5.36. The topological polar surface area (TPSA) is 110 Å². The first-order valence-electron chi connectivity index (χ1n) is 9.15. The molecule has 0 aliphatic carbocycles. The highest BCUT2D eigenvalue weighted by molar-refractivity contribution is 7.91. The summed E-state index contributed by atoms with van der Waals surface area (Å²) in [4.78, 5) is 29.5. The highest BCUT2D eigenvalue weighted by Crippen LogP contribution is 2.22. The number of hydrogen-bond donors (Lipinski definition) is 2. The quantitative estimate of drug-likeness (QED) is 0.771. The van der Waals surface area contributed by atoms with Crippen molar-refractivity contribution in [2.45, 2.75) is 52.1 Å². The van der Waals surface area contributed by atoms with Gasteiger partial charge in [-0.3, -0.25) is 9.59 Å². The van der Waals surface area contributed by atoms with Crippen LogP contribution in [0.5, 0.6) is 0 Å². The molecule has 3 heterocycles. The van der Waals surface area contributed by atoms with Gasteiger partial charge in [0.05, 0.1) is 17.2 Å². The van der Waals surface area contributed by atoms with Gasteiger partial charge in [-0.05, 0) is 31.6 Å². The van der Waals surface area contributed by atoms with Crippen molar-refractivity contribution in [3.05, 3.63) is 17.2 Å². The summed E-state index contributed by atoms with van der Waals surface area (Å²) in [7, 11) is -3.07. The smallest absolute Gasteiger partial charge is 0.287 e. The molecular weight excluding hydrogens is 356 g/mol. The van der Waals surface area contributed by atoms with E-state index in [4.69, 9.17) is 0 Å². The number of amides is 2. The molecule has 1 saturated heterocycles. The van der Waals surface area contributed by atoms with Gasteiger partial charge in [0.2, 0.25) is 0 Å². The molecule has 0 aromatic carbocycles. The summed E-state index contributed by atoms with van der Waals surface area (Å²) in [5.41, 5.74) is 1.11. The number of imidazole rings is 1. The van der Waals surface area contributed by atoms with E-state index in [0.717, 1.165) is 18.5 Å². The standard InChI is InChI=1S/C17H26N4O4S/c1-11(2)9-18-16(22)14-13-5-3-4-7-21(13)15(20-14)17(23)19-12-6-8-26(24,25)10-12/h11-12H,3-10H2,1-2H3,(H,18,22)(H,19,23). The van der Waals surface area contributed by atoms with Crippen molar-refractivity contribution >= 4 is 21.7 Å². The van der Waals surface area contributed by atoms with Gasteiger partial charge in [0.1, 0.15) is 5.69 Å². The van der Waals surface area contributed by atoms with E-state index in [-0.39, 0.29) is 29.3 Å². The SMILES string of the molecule is CC(C)CNC(=O)c1nc(C(=O)NC2CCS(=O)(=O)C2)n2c1CCCC2. The highest BCUT2D eigenvalue weighted by atomic mass is 32.2. The summed E-state index contributed by atoms with van der Waals surface area (Å²) in [5.74, 6) is -0.0673. The predicted molar refractivity (Wildman–Crippen MR) is 96.9 cm³/mol. The molecule has 2 amide bonds. The zero-order valence-corrected chi connectivity index (χ0v) is 16.1. The summed E-state index contributed by atoms with van der Waals surface area (Å²) in [6.07, 6.45) is 3.01. The van der Waals surface area contributed by atoms with Gasteiger partial charge < -0.3 is 15.2 Å². The van der Waals surface area contributed by atoms with Gasteiger partial charge in [0.15, 0.2) is 15.7 Å². The summed E-state index contributed by atoms with van der Waals surface area (Å²) >= 11 is 0. The minimum absolute atomic E-state index is 0.0337. The summed E-state index contributed by atoms with van der Waals surface area (Å²) in [5, 5.41) is 5.63. The number of nitrogens with one attached hydrogen (secondary N) is 2. The molecule has 3 rings (SSSR count). The number of hydrogen-bond acceptors (Lipinski definition) is 5. The molecule has 2 N–H and O–H groups in total. The van der Waals surface area contributed by atoms with Gasteiger partial charge in [-0.2, -0.15) is 0 Å². The molecule has 1 fully saturated rings. The number of fused-ring (bicyclic) bond motifs is 1. The van der Waals surface area contributed by atoms with Crippen LogP contribution in [0.4, 0.5) is 0 Å². The van der Waals surface area contributed by atoms with Crippen LogP contribution >= 0.6 is 0 Å². The molecule has 8 nitrogen and oxygen atoms in total. The van der Waals surface area contributed by atoms with Crippen molar-refractivity contribution in [1.82, 2.24) is 20.2 Å². The lowest BCUT2D eigenvalue weighted by Crippen LogP contribution is -2.37. The average Bonchev–Trinajstić information content (AvgIpc) is 3.12. The van der Waals surface area contributed by atoms with Crippen molar-refractivity contribution < 1.29 is 18.0 Å². The minimum Gasteiger partial charge on any atom is -0.350 e. The molecule has 1 unspecified atom stereocenters. The summed E-state index contributed by atoms with van der Waals surface area (Å²) in [6.45, 7) is 5.22. The number of rotatable bonds is 5. The first-order chi connectivity index (χ1) is 12.3. The van der Waals surface area contributed by atoms with Crippen molar-refractivity contribution in [3.8, 4) is 0 Å². The molecule has 2 aliphatic rings. The maximum Gasteiger partial charge on any atom is 0.287 e. The molecule has 1 aromatic heterocycles. The Bertz CT molecular complexity index is 813. The first-order valence-corrected chi connectivity index (χ1v) is 11.0. The van der Waals surface area contributed by atoms with Gasteiger partial charge in [-0.15, -0.1) is 0 Å². The second-order valence-electron chi connectivity index (χ2n) is 7.52. The monoisotopic (exact) mass is 382 g/mol. The minimum atomic E-state index is -3.07. The third kappa shape index (κ3) is 4.08. The predicted octanol–water partition coefficient (Wildman–Crippen LogP) is 0.522. The van der Waals surface area contributed by atoms with E-state index in [1.807, 2.05) is 18.4 Å². The van der Waals surface area contributed by atoms with E-state index in [2.05, 4.69) is 15.6 Å². The van der Waals surface area contributed by atoms with Crippen LogP contribution in [0.25, 0.3) is 0 Å². The number of sulfone groups is 1. The third-order valence-corrected chi connectivity index (χ3v) is 6.54. The Morgan fingerprint density at radius 3 is 2.69 bits per heavy atom. The van der Waals surface area contributed by atoms with Crippen LogP contribution in [0.3, 0.4) is 0 Å². The fourth-order valence-electron chi connectivity index (χ4n) is 3.44. The molecule has 0 spiro atoms. The molecular formula is C17H26N4O4S. The Labute approximate surface area is 153 Å². The Morgan fingerprint density at radius 2 is 2.04 bits per heavy atom. The second-order valence-corrected chi connectivity index (χ2v) is 9.75. The maximum absolute atomic E-state index is 12.7. The van der Waals surface area contributed by atoms with E-state index in [0.29, 0.717) is 37.5 Å². The Hall–Kier alpha value is -1.90. The Morgan fingerprint density at radius 1 is 1.27 bits per heavy atom. The summed E-state index contributed by atoms with van der Waals surface area (Å²) in [6, 6.07) is -0.387. The van der Waals surface area contributed by atoms with Crippen molar-refractivity contribution in [2.24, 2.45) is 5.92 Å². The van der Waals surface area contributed by atoms with Crippen LogP contribution in [-0.2, 0) is 22.8 Å². The van der Waals surface area contributed by atoms with E-state index >= 15 is 0 Å². The van der Waals surface area contributed by atoms with Crippen LogP contribution in [0, 0.1) is 5.92 Å². The molecule has 0 saturated carbocycles. The number of carbonyl (C=O) groups is 2. The van der Waals surface area contributed by atoms with Crippen LogP contribution in [-0.4, -0.2) is 53.9 Å². The third-order valence-electron chi connectivity index (χ3n) is 4.77. The largest absolute Gasteiger partial charge is 0.350 e. The summed E-state index contributed by atoms with van der Waals surface area (Å²) < 4.78 is 25.0. The molecule has 144 valence electrons. The lowest BCUT2D eigenvalue weighted by Gasteiger charge is -2.18. The van der Waals surface area contributed by atoms with E-state index in [1.165, 1.54) is 0 Å². The number of aromatic nitrogens is 2. The molecule has 9 heteroatoms. The van der Waals surface area contributed by atoms with Crippen molar-refractivity contribution in [2.75, 3.05) is 18.1 Å². The second kappa shape index (κ2) is 7.38. The first kappa shape index (κ1) is 18.9. The van der Waals surface area contributed by atoms with Gasteiger partial charge in [-0.25, -0.2) is 13.4 Å². The van der Waals surface area contributed by atoms with Gasteiger partial charge in [-0.1, -0.05) is 13.8 Å². The van der Waals surface area contributed by atoms with Gasteiger partial charge >= 0.3 is 0 Å². The molecule has 26 heavy (non-hydrogen) atoms. The zero-order valence-electron chi connectivity index (χ0n) is 15.2. The molecule has 2 aliphatic heterocycles. The zero-order chi connectivity index (χ0) is 18.9. The van der Waals surface area contributed by atoms with Crippen LogP contribution in [0.15, 0.2) is 0 Å². The highest BCUT2D eigenvalue weighted by Gasteiger charge is 2.32. The number of nitrogens with zero attached hydrogens (tertiary/aromatic N) is 2.